The van der Waals surface area contributed by atoms with E-state index >= 15 is 0 Å². The van der Waals surface area contributed by atoms with Crippen LogP contribution in [0.5, 0.6) is 0 Å². The highest BCUT2D eigenvalue weighted by atomic mass is 19.3. The number of aliphatic hydroxyl groups is 1. The molecule has 0 fully saturated rings. The van der Waals surface area contributed by atoms with Crippen molar-refractivity contribution in [3.05, 3.63) is 39.4 Å². The summed E-state index contributed by atoms with van der Waals surface area (Å²) in [7, 11) is 0. The highest BCUT2D eigenvalue weighted by Gasteiger charge is 2.19. The number of nitrogens with one attached hydrogen (secondary N) is 1. The summed E-state index contributed by atoms with van der Waals surface area (Å²) < 4.78 is 24.0. The predicted octanol–water partition coefficient (Wildman–Crippen LogP) is 1.26. The average molecular weight is 274 g/mol. The quantitative estimate of drug-likeness (QED) is 0.624. The Kier molecular flexibility index (Phi) is 4.87. The van der Waals surface area contributed by atoms with Gasteiger partial charge in [-0.05, 0) is 18.6 Å². The number of hydrogen-bond acceptors (Lipinski definition) is 4. The summed E-state index contributed by atoms with van der Waals surface area (Å²) in [5.74, 6) is -0.758. The standard InChI is InChI=1S/C11H12F2N2O4/c1-6-2-7(4-8(3-6)15(18)19)11(17)14-5-9(16)10(12)13/h2-4,9-10,16H,5H2,1H3,(H,14,17). The first kappa shape index (κ1) is 15.0. The molecule has 0 saturated carbocycles. The van der Waals surface area contributed by atoms with Crippen LogP contribution in [0.15, 0.2) is 18.2 Å². The molecule has 104 valence electrons. The highest BCUT2D eigenvalue weighted by molar-refractivity contribution is 5.95. The normalized spacial score (nSPS) is 12.3. The number of aliphatic hydroxyl groups excluding tert-OH is 1. The van der Waals surface area contributed by atoms with Crippen molar-refractivity contribution in [2.45, 2.75) is 19.5 Å². The molecule has 0 aliphatic rings. The molecule has 1 rings (SSSR count). The van der Waals surface area contributed by atoms with Gasteiger partial charge in [0.2, 0.25) is 0 Å². The van der Waals surface area contributed by atoms with E-state index in [-0.39, 0.29) is 11.3 Å². The van der Waals surface area contributed by atoms with Gasteiger partial charge in [-0.3, -0.25) is 14.9 Å². The molecule has 0 spiro atoms. The number of alkyl halides is 2. The van der Waals surface area contributed by atoms with Crippen LogP contribution < -0.4 is 5.32 Å². The lowest BCUT2D eigenvalue weighted by Gasteiger charge is -2.10. The van der Waals surface area contributed by atoms with Crippen molar-refractivity contribution in [3.8, 4) is 0 Å². The molecule has 1 unspecified atom stereocenters. The van der Waals surface area contributed by atoms with Crippen LogP contribution in [-0.2, 0) is 0 Å². The molecule has 6 nitrogen and oxygen atoms in total. The Morgan fingerprint density at radius 3 is 2.63 bits per heavy atom. The lowest BCUT2D eigenvalue weighted by atomic mass is 10.1. The topological polar surface area (TPSA) is 92.5 Å². The lowest BCUT2D eigenvalue weighted by Crippen LogP contribution is -2.35. The molecule has 0 radical (unpaired) electrons. The van der Waals surface area contributed by atoms with Crippen LogP contribution in [0.25, 0.3) is 0 Å². The number of halogens is 2. The number of aryl methyl sites for hydroxylation is 1. The fourth-order valence-corrected chi connectivity index (χ4v) is 1.39. The zero-order valence-corrected chi connectivity index (χ0v) is 9.97. The van der Waals surface area contributed by atoms with Crippen LogP contribution in [0.4, 0.5) is 14.5 Å². The first-order chi connectivity index (χ1) is 8.81. The second-order valence-electron chi connectivity index (χ2n) is 3.93. The summed E-state index contributed by atoms with van der Waals surface area (Å²) in [6.07, 6.45) is -4.93. The molecular weight excluding hydrogens is 262 g/mol. The molecule has 8 heteroatoms. The molecule has 19 heavy (non-hydrogen) atoms. The average Bonchev–Trinajstić information content (AvgIpc) is 2.34. The van der Waals surface area contributed by atoms with Gasteiger partial charge in [-0.15, -0.1) is 0 Å². The first-order valence-corrected chi connectivity index (χ1v) is 5.31. The number of carbonyl (C=O) groups is 1. The number of nitro benzene ring substituents is 1. The maximum Gasteiger partial charge on any atom is 0.270 e. The summed E-state index contributed by atoms with van der Waals surface area (Å²) in [5.41, 5.74) is 0.210. The summed E-state index contributed by atoms with van der Waals surface area (Å²) in [4.78, 5) is 21.6. The molecule has 1 atom stereocenters. The van der Waals surface area contributed by atoms with Crippen LogP contribution in [0.1, 0.15) is 15.9 Å². The van der Waals surface area contributed by atoms with Crippen molar-refractivity contribution >= 4 is 11.6 Å². The van der Waals surface area contributed by atoms with Crippen molar-refractivity contribution in [1.29, 1.82) is 0 Å². The van der Waals surface area contributed by atoms with Gasteiger partial charge in [-0.25, -0.2) is 8.78 Å². The van der Waals surface area contributed by atoms with Gasteiger partial charge in [0.25, 0.3) is 18.0 Å². The Labute approximate surface area is 107 Å². The molecule has 1 aromatic rings. The number of non-ortho nitro benzene ring substituents is 1. The molecule has 0 aliphatic carbocycles. The van der Waals surface area contributed by atoms with Gasteiger partial charge in [0.1, 0.15) is 6.10 Å². The molecule has 0 heterocycles. The van der Waals surface area contributed by atoms with E-state index < -0.39 is 29.9 Å². The third kappa shape index (κ3) is 4.25. The number of nitrogens with zero attached hydrogens (tertiary/aromatic N) is 1. The second-order valence-corrected chi connectivity index (χ2v) is 3.93. The molecule has 0 saturated heterocycles. The smallest absolute Gasteiger partial charge is 0.270 e. The van der Waals surface area contributed by atoms with Gasteiger partial charge >= 0.3 is 0 Å². The minimum Gasteiger partial charge on any atom is -0.385 e. The third-order valence-corrected chi connectivity index (χ3v) is 2.30. The molecular formula is C11H12F2N2O4. The third-order valence-electron chi connectivity index (χ3n) is 2.30. The number of carbonyl (C=O) groups excluding carboxylic acids is 1. The zero-order chi connectivity index (χ0) is 14.6. The van der Waals surface area contributed by atoms with E-state index in [1.54, 1.807) is 6.92 Å². The zero-order valence-electron chi connectivity index (χ0n) is 9.97. The molecule has 0 bridgehead atoms. The second kappa shape index (κ2) is 6.19. The maximum absolute atomic E-state index is 12.0. The van der Waals surface area contributed by atoms with Gasteiger partial charge in [0.05, 0.1) is 4.92 Å². The molecule has 1 aromatic carbocycles. The monoisotopic (exact) mass is 274 g/mol. The lowest BCUT2D eigenvalue weighted by molar-refractivity contribution is -0.384. The molecule has 0 aliphatic heterocycles. The fraction of sp³-hybridized carbons (Fsp3) is 0.364. The number of benzene rings is 1. The van der Waals surface area contributed by atoms with Crippen molar-refractivity contribution in [2.75, 3.05) is 6.54 Å². The Morgan fingerprint density at radius 1 is 1.47 bits per heavy atom. The predicted molar refractivity (Wildman–Crippen MR) is 62.2 cm³/mol. The fourth-order valence-electron chi connectivity index (χ4n) is 1.39. The van der Waals surface area contributed by atoms with Crippen LogP contribution in [0.2, 0.25) is 0 Å². The summed E-state index contributed by atoms with van der Waals surface area (Å²) >= 11 is 0. The van der Waals surface area contributed by atoms with E-state index in [2.05, 4.69) is 5.32 Å². The van der Waals surface area contributed by atoms with Crippen LogP contribution >= 0.6 is 0 Å². The van der Waals surface area contributed by atoms with Crippen molar-refractivity contribution in [2.24, 2.45) is 0 Å². The van der Waals surface area contributed by atoms with Crippen molar-refractivity contribution in [1.82, 2.24) is 5.32 Å². The number of hydrogen-bond donors (Lipinski definition) is 2. The summed E-state index contributed by atoms with van der Waals surface area (Å²) in [6.45, 7) is 0.940. The Hall–Kier alpha value is -2.09. The van der Waals surface area contributed by atoms with E-state index in [9.17, 15) is 23.7 Å². The van der Waals surface area contributed by atoms with E-state index in [0.717, 1.165) is 6.07 Å². The van der Waals surface area contributed by atoms with Gasteiger partial charge in [0.15, 0.2) is 0 Å². The van der Waals surface area contributed by atoms with E-state index in [4.69, 9.17) is 5.11 Å². The molecule has 2 N–H and O–H groups in total. The van der Waals surface area contributed by atoms with Gasteiger partial charge in [0, 0.05) is 24.2 Å². The Bertz CT molecular complexity index is 494. The van der Waals surface area contributed by atoms with Gasteiger partial charge in [-0.2, -0.15) is 0 Å². The molecule has 1 amide bonds. The summed E-state index contributed by atoms with van der Waals surface area (Å²) in [6, 6.07) is 3.71. The summed E-state index contributed by atoms with van der Waals surface area (Å²) in [5, 5.41) is 21.5. The van der Waals surface area contributed by atoms with Crippen LogP contribution in [0, 0.1) is 17.0 Å². The van der Waals surface area contributed by atoms with Gasteiger partial charge < -0.3 is 10.4 Å². The number of amides is 1. The Morgan fingerprint density at radius 2 is 2.11 bits per heavy atom. The largest absolute Gasteiger partial charge is 0.385 e. The van der Waals surface area contributed by atoms with Crippen molar-refractivity contribution in [3.63, 3.8) is 0 Å². The van der Waals surface area contributed by atoms with Crippen LogP contribution in [0.3, 0.4) is 0 Å². The first-order valence-electron chi connectivity index (χ1n) is 5.31. The SMILES string of the molecule is Cc1cc(C(=O)NCC(O)C(F)F)cc([N+](=O)[O-])c1. The minimum atomic E-state index is -2.97. The maximum atomic E-state index is 12.0. The van der Waals surface area contributed by atoms with Crippen molar-refractivity contribution < 1.29 is 23.6 Å². The van der Waals surface area contributed by atoms with Crippen LogP contribution in [-0.4, -0.2) is 35.0 Å². The van der Waals surface area contributed by atoms with Gasteiger partial charge in [-0.1, -0.05) is 0 Å². The van der Waals surface area contributed by atoms with E-state index in [1.165, 1.54) is 12.1 Å². The number of nitro groups is 1. The van der Waals surface area contributed by atoms with E-state index in [0.29, 0.717) is 5.56 Å². The molecule has 0 aromatic heterocycles. The van der Waals surface area contributed by atoms with E-state index in [1.807, 2.05) is 0 Å². The number of rotatable bonds is 5. The highest BCUT2D eigenvalue weighted by Crippen LogP contribution is 2.16. The minimum absolute atomic E-state index is 0.0202. The Balaban J connectivity index is 2.80.